The van der Waals surface area contributed by atoms with Gasteiger partial charge in [-0.1, -0.05) is 12.1 Å². The van der Waals surface area contributed by atoms with Crippen LogP contribution in [-0.4, -0.2) is 23.2 Å². The minimum atomic E-state index is -3.95. The molecule has 0 aliphatic heterocycles. The Labute approximate surface area is 115 Å². The number of aryl methyl sites for hydroxylation is 1. The molecule has 0 spiro atoms. The molecule has 1 saturated carbocycles. The van der Waals surface area contributed by atoms with Crippen molar-refractivity contribution in [3.63, 3.8) is 0 Å². The zero-order valence-electron chi connectivity index (χ0n) is 10.7. The number of hydrogen-bond acceptors (Lipinski definition) is 4. The number of hydrogen-bond donors (Lipinski definition) is 1. The van der Waals surface area contributed by atoms with Gasteiger partial charge in [-0.15, -0.1) is 10.2 Å². The van der Waals surface area contributed by atoms with Crippen molar-refractivity contribution in [1.29, 1.82) is 0 Å². The maximum Gasteiger partial charge on any atom is 0.273 e. The van der Waals surface area contributed by atoms with E-state index >= 15 is 0 Å². The molecule has 20 heavy (non-hydrogen) atoms. The van der Waals surface area contributed by atoms with Gasteiger partial charge in [0.1, 0.15) is 5.82 Å². The zero-order valence-corrected chi connectivity index (χ0v) is 11.6. The fourth-order valence-electron chi connectivity index (χ4n) is 2.06. The number of halogens is 1. The molecular weight excluding hydrogens is 283 g/mol. The van der Waals surface area contributed by atoms with E-state index in [-0.39, 0.29) is 17.0 Å². The number of nitrogens with zero attached hydrogens (tertiary/aromatic N) is 3. The standard InChI is InChI=1S/C12H13FN4O2S/c1-7-2-3-8(6-10(7)13)11-15-16-12(20(14,18)19)17(11)9-4-5-9/h2-3,6,9H,4-5H2,1H3,(H2,14,18,19). The molecule has 2 aromatic rings. The summed E-state index contributed by atoms with van der Waals surface area (Å²) in [6, 6.07) is 4.64. The maximum atomic E-state index is 13.7. The van der Waals surface area contributed by atoms with E-state index in [1.54, 1.807) is 19.1 Å². The summed E-state index contributed by atoms with van der Waals surface area (Å²) in [4.78, 5) is 0. The van der Waals surface area contributed by atoms with Gasteiger partial charge in [0, 0.05) is 11.6 Å². The van der Waals surface area contributed by atoms with Gasteiger partial charge < -0.3 is 0 Å². The first-order valence-electron chi connectivity index (χ1n) is 6.12. The first-order valence-corrected chi connectivity index (χ1v) is 7.67. The van der Waals surface area contributed by atoms with E-state index in [0.29, 0.717) is 17.0 Å². The largest absolute Gasteiger partial charge is 0.294 e. The summed E-state index contributed by atoms with van der Waals surface area (Å²) in [5.41, 5.74) is 1.00. The van der Waals surface area contributed by atoms with Crippen LogP contribution in [0.5, 0.6) is 0 Å². The molecule has 0 atom stereocenters. The third kappa shape index (κ3) is 2.20. The van der Waals surface area contributed by atoms with Crippen LogP contribution in [0.2, 0.25) is 0 Å². The second-order valence-corrected chi connectivity index (χ2v) is 6.37. The van der Waals surface area contributed by atoms with Crippen LogP contribution in [0.4, 0.5) is 4.39 Å². The first-order chi connectivity index (χ1) is 9.38. The average Bonchev–Trinajstić information content (AvgIpc) is 3.10. The number of aromatic nitrogens is 3. The monoisotopic (exact) mass is 296 g/mol. The predicted molar refractivity (Wildman–Crippen MR) is 69.8 cm³/mol. The molecule has 0 bridgehead atoms. The highest BCUT2D eigenvalue weighted by molar-refractivity contribution is 7.89. The lowest BCUT2D eigenvalue weighted by Crippen LogP contribution is -2.18. The number of sulfonamides is 1. The molecule has 0 amide bonds. The van der Waals surface area contributed by atoms with Crippen LogP contribution in [0.1, 0.15) is 24.4 Å². The molecule has 3 rings (SSSR count). The predicted octanol–water partition coefficient (Wildman–Crippen LogP) is 1.37. The van der Waals surface area contributed by atoms with E-state index in [4.69, 9.17) is 5.14 Å². The zero-order chi connectivity index (χ0) is 14.5. The molecule has 1 aliphatic rings. The highest BCUT2D eigenvalue weighted by atomic mass is 32.2. The van der Waals surface area contributed by atoms with Gasteiger partial charge in [-0.25, -0.2) is 17.9 Å². The third-order valence-corrected chi connectivity index (χ3v) is 4.05. The summed E-state index contributed by atoms with van der Waals surface area (Å²) >= 11 is 0. The van der Waals surface area contributed by atoms with E-state index in [2.05, 4.69) is 10.2 Å². The van der Waals surface area contributed by atoms with Crippen LogP contribution in [0, 0.1) is 12.7 Å². The summed E-state index contributed by atoms with van der Waals surface area (Å²) in [6.45, 7) is 1.65. The lowest BCUT2D eigenvalue weighted by atomic mass is 10.1. The third-order valence-electron chi connectivity index (χ3n) is 3.26. The summed E-state index contributed by atoms with van der Waals surface area (Å²) in [5, 5.41) is 12.4. The molecule has 1 fully saturated rings. The van der Waals surface area contributed by atoms with Crippen LogP contribution in [-0.2, 0) is 10.0 Å². The molecule has 0 unspecified atom stereocenters. The summed E-state index contributed by atoms with van der Waals surface area (Å²) < 4.78 is 38.2. The van der Waals surface area contributed by atoms with Gasteiger partial charge >= 0.3 is 0 Å². The van der Waals surface area contributed by atoms with Gasteiger partial charge in [0.15, 0.2) is 5.82 Å². The Morgan fingerprint density at radius 3 is 2.60 bits per heavy atom. The molecule has 1 heterocycles. The fraction of sp³-hybridized carbons (Fsp3) is 0.333. The van der Waals surface area contributed by atoms with Crippen molar-refractivity contribution in [2.75, 3.05) is 0 Å². The molecule has 106 valence electrons. The number of rotatable bonds is 3. The SMILES string of the molecule is Cc1ccc(-c2nnc(S(N)(=O)=O)n2C2CC2)cc1F. The van der Waals surface area contributed by atoms with E-state index in [1.807, 2.05) is 0 Å². The Bertz CT molecular complexity index is 781. The minimum Gasteiger partial charge on any atom is -0.294 e. The van der Waals surface area contributed by atoms with E-state index in [0.717, 1.165) is 12.8 Å². The first kappa shape index (κ1) is 13.2. The molecule has 1 aromatic carbocycles. The van der Waals surface area contributed by atoms with Crippen molar-refractivity contribution in [2.24, 2.45) is 5.14 Å². The molecular formula is C12H13FN4O2S. The second-order valence-electron chi connectivity index (χ2n) is 4.92. The molecule has 6 nitrogen and oxygen atoms in total. The number of nitrogens with two attached hydrogens (primary N) is 1. The Balaban J connectivity index is 2.19. The van der Waals surface area contributed by atoms with Gasteiger partial charge in [0.05, 0.1) is 0 Å². The lowest BCUT2D eigenvalue weighted by Gasteiger charge is -2.08. The number of primary sulfonamides is 1. The quantitative estimate of drug-likeness (QED) is 0.926. The van der Waals surface area contributed by atoms with Gasteiger partial charge in [0.2, 0.25) is 0 Å². The maximum absolute atomic E-state index is 13.7. The Morgan fingerprint density at radius 1 is 1.35 bits per heavy atom. The lowest BCUT2D eigenvalue weighted by molar-refractivity contribution is 0.567. The van der Waals surface area contributed by atoms with Crippen LogP contribution in [0.15, 0.2) is 23.4 Å². The van der Waals surface area contributed by atoms with Crippen molar-refractivity contribution in [3.05, 3.63) is 29.6 Å². The van der Waals surface area contributed by atoms with E-state index in [1.165, 1.54) is 10.6 Å². The average molecular weight is 296 g/mol. The highest BCUT2D eigenvalue weighted by Crippen LogP contribution is 2.39. The van der Waals surface area contributed by atoms with Gasteiger partial charge in [-0.05, 0) is 31.4 Å². The van der Waals surface area contributed by atoms with Crippen molar-refractivity contribution in [2.45, 2.75) is 31.0 Å². The summed E-state index contributed by atoms with van der Waals surface area (Å²) in [5.74, 6) is -0.0413. The Kier molecular flexibility index (Phi) is 2.87. The van der Waals surface area contributed by atoms with Crippen molar-refractivity contribution >= 4 is 10.0 Å². The summed E-state index contributed by atoms with van der Waals surface area (Å²) in [6.07, 6.45) is 1.67. The van der Waals surface area contributed by atoms with Crippen LogP contribution in [0.3, 0.4) is 0 Å². The second kappa shape index (κ2) is 4.35. The van der Waals surface area contributed by atoms with Gasteiger partial charge in [-0.3, -0.25) is 4.57 Å². The normalized spacial score (nSPS) is 15.6. The van der Waals surface area contributed by atoms with Crippen molar-refractivity contribution in [3.8, 4) is 11.4 Å². The van der Waals surface area contributed by atoms with Crippen LogP contribution >= 0.6 is 0 Å². The van der Waals surface area contributed by atoms with Crippen LogP contribution < -0.4 is 5.14 Å². The Hall–Kier alpha value is -1.80. The van der Waals surface area contributed by atoms with Crippen molar-refractivity contribution < 1.29 is 12.8 Å². The van der Waals surface area contributed by atoms with Crippen molar-refractivity contribution in [1.82, 2.24) is 14.8 Å². The fourth-order valence-corrected chi connectivity index (χ4v) is 2.73. The van der Waals surface area contributed by atoms with Gasteiger partial charge in [0.25, 0.3) is 15.2 Å². The van der Waals surface area contributed by atoms with Crippen LogP contribution in [0.25, 0.3) is 11.4 Å². The minimum absolute atomic E-state index is 0.0117. The number of benzene rings is 1. The topological polar surface area (TPSA) is 90.9 Å². The van der Waals surface area contributed by atoms with E-state index < -0.39 is 10.0 Å². The smallest absolute Gasteiger partial charge is 0.273 e. The molecule has 1 aromatic heterocycles. The molecule has 1 aliphatic carbocycles. The molecule has 8 heteroatoms. The van der Waals surface area contributed by atoms with E-state index in [9.17, 15) is 12.8 Å². The Morgan fingerprint density at radius 2 is 2.05 bits per heavy atom. The summed E-state index contributed by atoms with van der Waals surface area (Å²) in [7, 11) is -3.95. The van der Waals surface area contributed by atoms with Gasteiger partial charge in [-0.2, -0.15) is 0 Å². The molecule has 0 saturated heterocycles. The highest BCUT2D eigenvalue weighted by Gasteiger charge is 2.33. The molecule has 2 N–H and O–H groups in total. The molecule has 0 radical (unpaired) electrons.